The van der Waals surface area contributed by atoms with Gasteiger partial charge in [0.25, 0.3) is 0 Å². The number of halogens is 2. The summed E-state index contributed by atoms with van der Waals surface area (Å²) in [6, 6.07) is 11.1. The number of aryl methyl sites for hydroxylation is 1. The Balaban J connectivity index is 2.14. The summed E-state index contributed by atoms with van der Waals surface area (Å²) in [5, 5.41) is 3.21. The fraction of sp³-hybridized carbons (Fsp3) is 0.200. The van der Waals surface area contributed by atoms with E-state index in [4.69, 9.17) is 4.74 Å². The molecule has 100 valence electrons. The molecule has 0 atom stereocenters. The van der Waals surface area contributed by atoms with E-state index in [2.05, 4.69) is 21.2 Å². The van der Waals surface area contributed by atoms with E-state index in [9.17, 15) is 4.39 Å². The second kappa shape index (κ2) is 6.06. The van der Waals surface area contributed by atoms with Crippen molar-refractivity contribution in [3.8, 4) is 5.75 Å². The standard InChI is InChI=1S/C15H15BrFNO/c1-10-6-7-13(12(16)8-10)18-9-11-4-3-5-14(19-2)15(11)17/h3-8,18H,9H2,1-2H3. The van der Waals surface area contributed by atoms with Gasteiger partial charge < -0.3 is 10.1 Å². The van der Waals surface area contributed by atoms with E-state index in [0.29, 0.717) is 12.1 Å². The summed E-state index contributed by atoms with van der Waals surface area (Å²) >= 11 is 3.49. The van der Waals surface area contributed by atoms with E-state index in [1.807, 2.05) is 25.1 Å². The maximum atomic E-state index is 14.0. The molecule has 2 aromatic carbocycles. The molecule has 4 heteroatoms. The third-order valence-corrected chi connectivity index (χ3v) is 3.51. The first kappa shape index (κ1) is 13.9. The summed E-state index contributed by atoms with van der Waals surface area (Å²) in [7, 11) is 1.46. The van der Waals surface area contributed by atoms with Gasteiger partial charge in [0.1, 0.15) is 0 Å². The van der Waals surface area contributed by atoms with Crippen LogP contribution < -0.4 is 10.1 Å². The van der Waals surface area contributed by atoms with E-state index in [1.165, 1.54) is 12.7 Å². The third-order valence-electron chi connectivity index (χ3n) is 2.86. The van der Waals surface area contributed by atoms with Crippen molar-refractivity contribution in [2.45, 2.75) is 13.5 Å². The molecule has 0 unspecified atom stereocenters. The first-order valence-corrected chi connectivity index (χ1v) is 6.72. The molecule has 0 fully saturated rings. The number of hydrogen-bond donors (Lipinski definition) is 1. The Kier molecular flexibility index (Phi) is 4.43. The summed E-state index contributed by atoms with van der Waals surface area (Å²) in [6.45, 7) is 2.43. The quantitative estimate of drug-likeness (QED) is 0.893. The van der Waals surface area contributed by atoms with Crippen LogP contribution in [0.3, 0.4) is 0 Å². The lowest BCUT2D eigenvalue weighted by Gasteiger charge is -2.11. The number of nitrogens with one attached hydrogen (secondary N) is 1. The highest BCUT2D eigenvalue weighted by Crippen LogP contribution is 2.25. The Morgan fingerprint density at radius 1 is 1.26 bits per heavy atom. The van der Waals surface area contributed by atoms with Crippen molar-refractivity contribution >= 4 is 21.6 Å². The van der Waals surface area contributed by atoms with Crippen molar-refractivity contribution < 1.29 is 9.13 Å². The Labute approximate surface area is 120 Å². The highest BCUT2D eigenvalue weighted by atomic mass is 79.9. The third kappa shape index (κ3) is 3.26. The van der Waals surface area contributed by atoms with Crippen LogP contribution in [-0.2, 0) is 6.54 Å². The van der Waals surface area contributed by atoms with Gasteiger partial charge >= 0.3 is 0 Å². The van der Waals surface area contributed by atoms with Gasteiger partial charge in [-0.2, -0.15) is 0 Å². The van der Waals surface area contributed by atoms with Crippen LogP contribution in [0.4, 0.5) is 10.1 Å². The molecule has 2 nitrogen and oxygen atoms in total. The molecular weight excluding hydrogens is 309 g/mol. The number of anilines is 1. The summed E-state index contributed by atoms with van der Waals surface area (Å²) < 4.78 is 19.9. The molecule has 0 heterocycles. The molecule has 0 saturated carbocycles. The van der Waals surface area contributed by atoms with Gasteiger partial charge in [-0.25, -0.2) is 4.39 Å². The van der Waals surface area contributed by atoms with Crippen LogP contribution in [-0.4, -0.2) is 7.11 Å². The van der Waals surface area contributed by atoms with Crippen LogP contribution in [0.5, 0.6) is 5.75 Å². The highest BCUT2D eigenvalue weighted by Gasteiger charge is 2.08. The number of ether oxygens (including phenoxy) is 1. The lowest BCUT2D eigenvalue weighted by atomic mass is 10.2. The summed E-state index contributed by atoms with van der Waals surface area (Å²) in [6.07, 6.45) is 0. The van der Waals surface area contributed by atoms with Crippen LogP contribution in [0.25, 0.3) is 0 Å². The van der Waals surface area contributed by atoms with Crippen LogP contribution in [0.1, 0.15) is 11.1 Å². The molecule has 2 aromatic rings. The Morgan fingerprint density at radius 3 is 2.74 bits per heavy atom. The lowest BCUT2D eigenvalue weighted by molar-refractivity contribution is 0.384. The molecule has 2 rings (SSSR count). The van der Waals surface area contributed by atoms with Crippen molar-refractivity contribution in [3.63, 3.8) is 0 Å². The summed E-state index contributed by atoms with van der Waals surface area (Å²) in [5.74, 6) is -0.0528. The summed E-state index contributed by atoms with van der Waals surface area (Å²) in [5.41, 5.74) is 2.68. The second-order valence-electron chi connectivity index (χ2n) is 4.27. The molecule has 19 heavy (non-hydrogen) atoms. The average Bonchev–Trinajstić information content (AvgIpc) is 2.39. The largest absolute Gasteiger partial charge is 0.494 e. The molecule has 0 aliphatic heterocycles. The van der Waals surface area contributed by atoms with Crippen molar-refractivity contribution in [1.82, 2.24) is 0 Å². The minimum Gasteiger partial charge on any atom is -0.494 e. The van der Waals surface area contributed by atoms with E-state index < -0.39 is 0 Å². The minimum atomic E-state index is -0.319. The topological polar surface area (TPSA) is 21.3 Å². The molecule has 0 aromatic heterocycles. The zero-order valence-corrected chi connectivity index (χ0v) is 12.4. The van der Waals surface area contributed by atoms with Crippen molar-refractivity contribution in [1.29, 1.82) is 0 Å². The summed E-state index contributed by atoms with van der Waals surface area (Å²) in [4.78, 5) is 0. The monoisotopic (exact) mass is 323 g/mol. The van der Waals surface area contributed by atoms with Gasteiger partial charge in [0, 0.05) is 22.3 Å². The number of rotatable bonds is 4. The smallest absolute Gasteiger partial charge is 0.170 e. The van der Waals surface area contributed by atoms with Gasteiger partial charge in [-0.15, -0.1) is 0 Å². The van der Waals surface area contributed by atoms with Crippen molar-refractivity contribution in [2.75, 3.05) is 12.4 Å². The molecule has 0 bridgehead atoms. The Hall–Kier alpha value is -1.55. The zero-order chi connectivity index (χ0) is 13.8. The first-order valence-electron chi connectivity index (χ1n) is 5.93. The fourth-order valence-electron chi connectivity index (χ4n) is 1.80. The predicted octanol–water partition coefficient (Wildman–Crippen LogP) is 4.52. The van der Waals surface area contributed by atoms with Gasteiger partial charge in [0.15, 0.2) is 11.6 Å². The van der Waals surface area contributed by atoms with Gasteiger partial charge in [0.05, 0.1) is 7.11 Å². The lowest BCUT2D eigenvalue weighted by Crippen LogP contribution is -2.03. The van der Waals surface area contributed by atoms with Crippen LogP contribution >= 0.6 is 15.9 Å². The van der Waals surface area contributed by atoms with E-state index in [-0.39, 0.29) is 11.6 Å². The van der Waals surface area contributed by atoms with Gasteiger partial charge in [0.2, 0.25) is 0 Å². The fourth-order valence-corrected chi connectivity index (χ4v) is 2.44. The number of benzene rings is 2. The Bertz CT molecular complexity index is 586. The second-order valence-corrected chi connectivity index (χ2v) is 5.12. The molecule has 0 amide bonds. The van der Waals surface area contributed by atoms with Crippen molar-refractivity contribution in [2.24, 2.45) is 0 Å². The zero-order valence-electron chi connectivity index (χ0n) is 10.8. The molecule has 1 N–H and O–H groups in total. The van der Waals surface area contributed by atoms with Gasteiger partial charge in [-0.05, 0) is 46.6 Å². The first-order chi connectivity index (χ1) is 9.11. The normalized spacial score (nSPS) is 10.3. The maximum absolute atomic E-state index is 14.0. The van der Waals surface area contributed by atoms with Gasteiger partial charge in [-0.3, -0.25) is 0 Å². The van der Waals surface area contributed by atoms with Gasteiger partial charge in [-0.1, -0.05) is 18.2 Å². The SMILES string of the molecule is COc1cccc(CNc2ccc(C)cc2Br)c1F. The molecular formula is C15H15BrFNO. The maximum Gasteiger partial charge on any atom is 0.170 e. The van der Waals surface area contributed by atoms with Crippen LogP contribution in [0.2, 0.25) is 0 Å². The Morgan fingerprint density at radius 2 is 2.05 bits per heavy atom. The number of methoxy groups -OCH3 is 1. The number of hydrogen-bond acceptors (Lipinski definition) is 2. The molecule has 0 aliphatic carbocycles. The van der Waals surface area contributed by atoms with E-state index >= 15 is 0 Å². The van der Waals surface area contributed by atoms with Crippen LogP contribution in [0.15, 0.2) is 40.9 Å². The van der Waals surface area contributed by atoms with Crippen LogP contribution in [0, 0.1) is 12.7 Å². The molecule has 0 spiro atoms. The minimum absolute atomic E-state index is 0.266. The van der Waals surface area contributed by atoms with E-state index in [1.54, 1.807) is 18.2 Å². The predicted molar refractivity (Wildman–Crippen MR) is 79.2 cm³/mol. The molecule has 0 aliphatic rings. The average molecular weight is 324 g/mol. The molecule has 0 radical (unpaired) electrons. The van der Waals surface area contributed by atoms with Crippen molar-refractivity contribution in [3.05, 3.63) is 57.8 Å². The highest BCUT2D eigenvalue weighted by molar-refractivity contribution is 9.10. The molecule has 0 saturated heterocycles. The van der Waals surface area contributed by atoms with E-state index in [0.717, 1.165) is 10.2 Å².